The van der Waals surface area contributed by atoms with Crippen molar-refractivity contribution in [1.82, 2.24) is 0 Å². The maximum atomic E-state index is 9.23. The van der Waals surface area contributed by atoms with Crippen LogP contribution in [-0.4, -0.2) is 0 Å². The summed E-state index contributed by atoms with van der Waals surface area (Å²) in [6.07, 6.45) is 0. The van der Waals surface area contributed by atoms with Crippen LogP contribution in [0.2, 0.25) is 0 Å². The lowest BCUT2D eigenvalue weighted by atomic mass is 10.1. The van der Waals surface area contributed by atoms with E-state index in [9.17, 15) is 5.26 Å². The van der Waals surface area contributed by atoms with E-state index in [1.54, 1.807) is 0 Å². The molecule has 2 aromatic rings. The zero-order valence-electron chi connectivity index (χ0n) is 10.9. The average Bonchev–Trinajstić information content (AvgIpc) is 2.81. The van der Waals surface area contributed by atoms with Crippen molar-refractivity contribution in [2.75, 3.05) is 10.6 Å². The second-order valence-corrected chi connectivity index (χ2v) is 5.02. The molecule has 0 fully saturated rings. The SMILES string of the molecule is Cc1ccc(C#N)c(N2Cc3ccc(N)cc3C2)c1. The molecule has 19 heavy (non-hydrogen) atoms. The molecule has 0 spiro atoms. The molecule has 0 saturated heterocycles. The zero-order valence-corrected chi connectivity index (χ0v) is 10.9. The van der Waals surface area contributed by atoms with Crippen molar-refractivity contribution in [3.05, 3.63) is 58.7 Å². The molecule has 3 nitrogen and oxygen atoms in total. The Labute approximate surface area is 112 Å². The molecule has 2 N–H and O–H groups in total. The van der Waals surface area contributed by atoms with Gasteiger partial charge in [-0.25, -0.2) is 0 Å². The summed E-state index contributed by atoms with van der Waals surface area (Å²) in [7, 11) is 0. The van der Waals surface area contributed by atoms with Crippen molar-refractivity contribution >= 4 is 11.4 Å². The molecule has 1 aliphatic heterocycles. The van der Waals surface area contributed by atoms with Gasteiger partial charge in [0.2, 0.25) is 0 Å². The summed E-state index contributed by atoms with van der Waals surface area (Å²) in [5.74, 6) is 0. The second kappa shape index (κ2) is 4.33. The van der Waals surface area contributed by atoms with Crippen LogP contribution < -0.4 is 10.6 Å². The quantitative estimate of drug-likeness (QED) is 0.790. The molecule has 0 radical (unpaired) electrons. The van der Waals surface area contributed by atoms with Gasteiger partial charge >= 0.3 is 0 Å². The minimum atomic E-state index is 0.728. The number of nitrogens with zero attached hydrogens (tertiary/aromatic N) is 2. The highest BCUT2D eigenvalue weighted by Crippen LogP contribution is 2.31. The van der Waals surface area contributed by atoms with Crippen molar-refractivity contribution in [2.45, 2.75) is 20.0 Å². The Morgan fingerprint density at radius 1 is 1.11 bits per heavy atom. The highest BCUT2D eigenvalue weighted by molar-refractivity contribution is 5.63. The van der Waals surface area contributed by atoms with Gasteiger partial charge in [0.05, 0.1) is 11.3 Å². The Balaban J connectivity index is 1.99. The van der Waals surface area contributed by atoms with E-state index in [4.69, 9.17) is 5.73 Å². The van der Waals surface area contributed by atoms with Gasteiger partial charge in [-0.15, -0.1) is 0 Å². The lowest BCUT2D eigenvalue weighted by molar-refractivity contribution is 0.877. The fraction of sp³-hybridized carbons (Fsp3) is 0.188. The van der Waals surface area contributed by atoms with Gasteiger partial charge in [0, 0.05) is 18.8 Å². The van der Waals surface area contributed by atoms with Gasteiger partial charge < -0.3 is 10.6 Å². The Bertz CT molecular complexity index is 683. The highest BCUT2D eigenvalue weighted by Gasteiger charge is 2.21. The summed E-state index contributed by atoms with van der Waals surface area (Å²) in [5, 5.41) is 9.23. The number of benzene rings is 2. The first-order valence-corrected chi connectivity index (χ1v) is 6.30. The van der Waals surface area contributed by atoms with Crippen LogP contribution >= 0.6 is 0 Å². The third-order valence-electron chi connectivity index (χ3n) is 3.57. The number of aryl methyl sites for hydroxylation is 1. The zero-order chi connectivity index (χ0) is 13.4. The maximum Gasteiger partial charge on any atom is 0.101 e. The Morgan fingerprint density at radius 2 is 1.89 bits per heavy atom. The first-order chi connectivity index (χ1) is 9.17. The average molecular weight is 249 g/mol. The van der Waals surface area contributed by atoms with E-state index in [2.05, 4.69) is 23.1 Å². The molecule has 0 bridgehead atoms. The number of nitriles is 1. The van der Waals surface area contributed by atoms with Gasteiger partial charge in [-0.1, -0.05) is 12.1 Å². The predicted molar refractivity (Wildman–Crippen MR) is 76.6 cm³/mol. The van der Waals surface area contributed by atoms with Crippen molar-refractivity contribution in [1.29, 1.82) is 5.26 Å². The van der Waals surface area contributed by atoms with E-state index in [1.165, 1.54) is 16.7 Å². The minimum absolute atomic E-state index is 0.728. The van der Waals surface area contributed by atoms with Crippen LogP contribution in [0.3, 0.4) is 0 Å². The van der Waals surface area contributed by atoms with Gasteiger partial charge in [0.25, 0.3) is 0 Å². The van der Waals surface area contributed by atoms with Crippen molar-refractivity contribution in [3.63, 3.8) is 0 Å². The van der Waals surface area contributed by atoms with E-state index in [1.807, 2.05) is 31.2 Å². The molecule has 94 valence electrons. The van der Waals surface area contributed by atoms with E-state index < -0.39 is 0 Å². The molecule has 0 amide bonds. The van der Waals surface area contributed by atoms with Gasteiger partial charge in [-0.3, -0.25) is 0 Å². The second-order valence-electron chi connectivity index (χ2n) is 5.02. The summed E-state index contributed by atoms with van der Waals surface area (Å²) in [4.78, 5) is 2.23. The standard InChI is InChI=1S/C16H15N3/c1-11-2-3-12(8-17)16(6-11)19-9-13-4-5-15(18)7-14(13)10-19/h2-7H,9-10,18H2,1H3. The fourth-order valence-electron chi connectivity index (χ4n) is 2.58. The first kappa shape index (κ1) is 11.6. The molecule has 1 aliphatic rings. The molecule has 2 aromatic carbocycles. The largest absolute Gasteiger partial charge is 0.399 e. The van der Waals surface area contributed by atoms with Gasteiger partial charge in [-0.2, -0.15) is 5.26 Å². The van der Waals surface area contributed by atoms with E-state index in [0.717, 1.165) is 30.0 Å². The minimum Gasteiger partial charge on any atom is -0.399 e. The Kier molecular flexibility index (Phi) is 2.64. The topological polar surface area (TPSA) is 53.0 Å². The van der Waals surface area contributed by atoms with Gasteiger partial charge in [-0.05, 0) is 47.9 Å². The van der Waals surface area contributed by atoms with E-state index >= 15 is 0 Å². The van der Waals surface area contributed by atoms with E-state index in [0.29, 0.717) is 0 Å². The summed E-state index contributed by atoms with van der Waals surface area (Å²) in [6.45, 7) is 3.71. The summed E-state index contributed by atoms with van der Waals surface area (Å²) >= 11 is 0. The summed E-state index contributed by atoms with van der Waals surface area (Å²) in [6, 6.07) is 14.3. The number of nitrogen functional groups attached to an aromatic ring is 1. The Hall–Kier alpha value is -2.47. The van der Waals surface area contributed by atoms with Crippen LogP contribution in [0.1, 0.15) is 22.3 Å². The number of rotatable bonds is 1. The van der Waals surface area contributed by atoms with E-state index in [-0.39, 0.29) is 0 Å². The van der Waals surface area contributed by atoms with Crippen LogP contribution in [0.4, 0.5) is 11.4 Å². The molecule has 1 heterocycles. The number of nitrogens with two attached hydrogens (primary N) is 1. The molecule has 0 unspecified atom stereocenters. The monoisotopic (exact) mass is 249 g/mol. The number of hydrogen-bond acceptors (Lipinski definition) is 3. The molecule has 0 saturated carbocycles. The van der Waals surface area contributed by atoms with Crippen molar-refractivity contribution in [3.8, 4) is 6.07 Å². The third kappa shape index (κ3) is 2.02. The molecule has 0 atom stereocenters. The molecule has 3 heteroatoms. The highest BCUT2D eigenvalue weighted by atomic mass is 15.1. The molecule has 3 rings (SSSR count). The Morgan fingerprint density at radius 3 is 2.68 bits per heavy atom. The lowest BCUT2D eigenvalue weighted by Gasteiger charge is -2.19. The summed E-state index contributed by atoms with van der Waals surface area (Å²) in [5.41, 5.74) is 12.1. The molecular formula is C16H15N3. The normalized spacial score (nSPS) is 13.2. The first-order valence-electron chi connectivity index (χ1n) is 6.30. The fourth-order valence-corrected chi connectivity index (χ4v) is 2.58. The van der Waals surface area contributed by atoms with Crippen LogP contribution in [0, 0.1) is 18.3 Å². The van der Waals surface area contributed by atoms with Crippen LogP contribution in [0.25, 0.3) is 0 Å². The summed E-state index contributed by atoms with van der Waals surface area (Å²) < 4.78 is 0. The molecule has 0 aromatic heterocycles. The van der Waals surface area contributed by atoms with Crippen molar-refractivity contribution < 1.29 is 0 Å². The van der Waals surface area contributed by atoms with Gasteiger partial charge in [0.1, 0.15) is 6.07 Å². The number of hydrogen-bond donors (Lipinski definition) is 1. The number of anilines is 2. The maximum absolute atomic E-state index is 9.23. The van der Waals surface area contributed by atoms with Crippen molar-refractivity contribution in [2.24, 2.45) is 0 Å². The predicted octanol–water partition coefficient (Wildman–Crippen LogP) is 2.97. The molecule has 0 aliphatic carbocycles. The molecular weight excluding hydrogens is 234 g/mol. The van der Waals surface area contributed by atoms with Gasteiger partial charge in [0.15, 0.2) is 0 Å². The third-order valence-corrected chi connectivity index (χ3v) is 3.57. The smallest absolute Gasteiger partial charge is 0.101 e. The van der Waals surface area contributed by atoms with Crippen LogP contribution in [-0.2, 0) is 13.1 Å². The lowest BCUT2D eigenvalue weighted by Crippen LogP contribution is -2.15. The van der Waals surface area contributed by atoms with Crippen LogP contribution in [0.15, 0.2) is 36.4 Å². The number of fused-ring (bicyclic) bond motifs is 1. The van der Waals surface area contributed by atoms with Crippen LogP contribution in [0.5, 0.6) is 0 Å².